The lowest BCUT2D eigenvalue weighted by Crippen LogP contribution is -2.50. The number of carbonyl (C=O) groups is 1. The number of hydrogen-bond donors (Lipinski definition) is 3. The van der Waals surface area contributed by atoms with Crippen LogP contribution in [0.15, 0.2) is 0 Å². The van der Waals surface area contributed by atoms with Crippen LogP contribution in [0.4, 0.5) is 0 Å². The molecule has 4 nitrogen and oxygen atoms in total. The van der Waals surface area contributed by atoms with Crippen molar-refractivity contribution < 1.29 is 4.79 Å². The summed E-state index contributed by atoms with van der Waals surface area (Å²) in [5.74, 6) is -0.0174. The van der Waals surface area contributed by atoms with Crippen LogP contribution < -0.4 is 16.4 Å². The minimum absolute atomic E-state index is 0.0174. The average Bonchev–Trinajstić information content (AvgIpc) is 2.18. The SMILES string of the molecule is CCC(N)C(=O)NC1CCCNC1. The van der Waals surface area contributed by atoms with Crippen LogP contribution in [0.2, 0.25) is 0 Å². The summed E-state index contributed by atoms with van der Waals surface area (Å²) in [7, 11) is 0. The molecule has 0 spiro atoms. The van der Waals surface area contributed by atoms with E-state index in [0.717, 1.165) is 25.9 Å². The van der Waals surface area contributed by atoms with Crippen molar-refractivity contribution >= 4 is 5.91 Å². The maximum absolute atomic E-state index is 11.4. The number of carbonyl (C=O) groups excluding carboxylic acids is 1. The van der Waals surface area contributed by atoms with Crippen molar-refractivity contribution in [2.75, 3.05) is 13.1 Å². The quantitative estimate of drug-likeness (QED) is 0.560. The molecule has 0 aromatic heterocycles. The van der Waals surface area contributed by atoms with E-state index in [1.165, 1.54) is 0 Å². The summed E-state index contributed by atoms with van der Waals surface area (Å²) in [5, 5.41) is 6.18. The van der Waals surface area contributed by atoms with Gasteiger partial charge < -0.3 is 16.4 Å². The Balaban J connectivity index is 2.26. The van der Waals surface area contributed by atoms with E-state index in [1.807, 2.05) is 6.92 Å². The number of hydrogen-bond acceptors (Lipinski definition) is 3. The zero-order chi connectivity index (χ0) is 9.68. The van der Waals surface area contributed by atoms with Crippen molar-refractivity contribution in [3.63, 3.8) is 0 Å². The van der Waals surface area contributed by atoms with Gasteiger partial charge in [-0.15, -0.1) is 0 Å². The van der Waals surface area contributed by atoms with Gasteiger partial charge in [0.1, 0.15) is 0 Å². The van der Waals surface area contributed by atoms with Crippen molar-refractivity contribution in [3.8, 4) is 0 Å². The second-order valence-electron chi connectivity index (χ2n) is 3.57. The van der Waals surface area contributed by atoms with Gasteiger partial charge in [0.05, 0.1) is 6.04 Å². The van der Waals surface area contributed by atoms with Gasteiger partial charge in [-0.2, -0.15) is 0 Å². The van der Waals surface area contributed by atoms with E-state index in [9.17, 15) is 4.79 Å². The number of nitrogens with one attached hydrogen (secondary N) is 2. The Morgan fingerprint density at radius 2 is 2.54 bits per heavy atom. The second-order valence-corrected chi connectivity index (χ2v) is 3.57. The van der Waals surface area contributed by atoms with Gasteiger partial charge in [0.15, 0.2) is 0 Å². The normalized spacial score (nSPS) is 25.2. The highest BCUT2D eigenvalue weighted by molar-refractivity contribution is 5.81. The van der Waals surface area contributed by atoms with Gasteiger partial charge in [-0.3, -0.25) is 4.79 Å². The molecule has 2 unspecified atom stereocenters. The van der Waals surface area contributed by atoms with Gasteiger partial charge in [0.2, 0.25) is 5.91 Å². The molecule has 0 aromatic rings. The third kappa shape index (κ3) is 3.32. The van der Waals surface area contributed by atoms with Crippen LogP contribution in [0.25, 0.3) is 0 Å². The standard InChI is InChI=1S/C9H19N3O/c1-2-8(10)9(13)12-7-4-3-5-11-6-7/h7-8,11H,2-6,10H2,1H3,(H,12,13). The zero-order valence-electron chi connectivity index (χ0n) is 8.18. The fraction of sp³-hybridized carbons (Fsp3) is 0.889. The summed E-state index contributed by atoms with van der Waals surface area (Å²) in [6, 6.07) is -0.0687. The monoisotopic (exact) mass is 185 g/mol. The van der Waals surface area contributed by atoms with Gasteiger partial charge in [-0.25, -0.2) is 0 Å². The van der Waals surface area contributed by atoms with E-state index in [4.69, 9.17) is 5.73 Å². The molecule has 76 valence electrons. The third-order valence-electron chi connectivity index (χ3n) is 2.42. The van der Waals surface area contributed by atoms with Crippen molar-refractivity contribution in [1.29, 1.82) is 0 Å². The highest BCUT2D eigenvalue weighted by atomic mass is 16.2. The summed E-state index contributed by atoms with van der Waals surface area (Å²) in [4.78, 5) is 11.4. The molecule has 4 N–H and O–H groups in total. The first kappa shape index (κ1) is 10.5. The van der Waals surface area contributed by atoms with Gasteiger partial charge in [0, 0.05) is 12.6 Å². The molecular formula is C9H19N3O. The van der Waals surface area contributed by atoms with Gasteiger partial charge >= 0.3 is 0 Å². The molecule has 0 radical (unpaired) electrons. The van der Waals surface area contributed by atoms with E-state index in [-0.39, 0.29) is 18.0 Å². The second kappa shape index (κ2) is 5.19. The largest absolute Gasteiger partial charge is 0.351 e. The summed E-state index contributed by atoms with van der Waals surface area (Å²) in [5.41, 5.74) is 5.60. The number of nitrogens with two attached hydrogens (primary N) is 1. The average molecular weight is 185 g/mol. The predicted molar refractivity (Wildman–Crippen MR) is 52.3 cm³/mol. The third-order valence-corrected chi connectivity index (χ3v) is 2.42. The first-order valence-corrected chi connectivity index (χ1v) is 5.00. The highest BCUT2D eigenvalue weighted by Crippen LogP contribution is 2.01. The minimum Gasteiger partial charge on any atom is -0.351 e. The van der Waals surface area contributed by atoms with E-state index < -0.39 is 0 Å². The van der Waals surface area contributed by atoms with Gasteiger partial charge in [-0.1, -0.05) is 6.92 Å². The minimum atomic E-state index is -0.345. The lowest BCUT2D eigenvalue weighted by molar-refractivity contribution is -0.123. The lowest BCUT2D eigenvalue weighted by Gasteiger charge is -2.24. The van der Waals surface area contributed by atoms with Crippen LogP contribution in [-0.4, -0.2) is 31.1 Å². The molecule has 2 atom stereocenters. The molecule has 13 heavy (non-hydrogen) atoms. The van der Waals surface area contributed by atoms with Crippen LogP contribution in [0.1, 0.15) is 26.2 Å². The van der Waals surface area contributed by atoms with Gasteiger partial charge in [-0.05, 0) is 25.8 Å². The molecule has 1 saturated heterocycles. The zero-order valence-corrected chi connectivity index (χ0v) is 8.18. The van der Waals surface area contributed by atoms with E-state index in [0.29, 0.717) is 6.42 Å². The topological polar surface area (TPSA) is 67.2 Å². The van der Waals surface area contributed by atoms with Crippen molar-refractivity contribution in [2.45, 2.75) is 38.3 Å². The molecule has 0 saturated carbocycles. The molecule has 0 aromatic carbocycles. The Bertz CT molecular complexity index is 166. The first-order chi connectivity index (χ1) is 6.24. The van der Waals surface area contributed by atoms with E-state index in [2.05, 4.69) is 10.6 Å². The van der Waals surface area contributed by atoms with Crippen LogP contribution in [-0.2, 0) is 4.79 Å². The Labute approximate surface area is 79.3 Å². The first-order valence-electron chi connectivity index (χ1n) is 5.00. The molecule has 1 amide bonds. The maximum atomic E-state index is 11.4. The van der Waals surface area contributed by atoms with Crippen molar-refractivity contribution in [3.05, 3.63) is 0 Å². The fourth-order valence-electron chi connectivity index (χ4n) is 1.47. The molecule has 0 bridgehead atoms. The molecular weight excluding hydrogens is 166 g/mol. The Morgan fingerprint density at radius 3 is 3.08 bits per heavy atom. The summed E-state index contributed by atoms with van der Waals surface area (Å²) in [6.45, 7) is 3.86. The van der Waals surface area contributed by atoms with Crippen LogP contribution in [0.5, 0.6) is 0 Å². The van der Waals surface area contributed by atoms with Crippen LogP contribution >= 0.6 is 0 Å². The Kier molecular flexibility index (Phi) is 4.18. The van der Waals surface area contributed by atoms with Crippen molar-refractivity contribution in [2.24, 2.45) is 5.73 Å². The number of amides is 1. The number of rotatable bonds is 3. The van der Waals surface area contributed by atoms with Crippen LogP contribution in [0.3, 0.4) is 0 Å². The summed E-state index contributed by atoms with van der Waals surface area (Å²) in [6.07, 6.45) is 2.90. The van der Waals surface area contributed by atoms with E-state index >= 15 is 0 Å². The lowest BCUT2D eigenvalue weighted by atomic mass is 10.1. The fourth-order valence-corrected chi connectivity index (χ4v) is 1.47. The smallest absolute Gasteiger partial charge is 0.237 e. The molecule has 1 aliphatic heterocycles. The predicted octanol–water partition coefficient (Wildman–Crippen LogP) is -0.408. The Hall–Kier alpha value is -0.610. The molecule has 0 aliphatic carbocycles. The Morgan fingerprint density at radius 1 is 1.77 bits per heavy atom. The molecule has 1 rings (SSSR count). The molecule has 1 fully saturated rings. The van der Waals surface area contributed by atoms with Crippen molar-refractivity contribution in [1.82, 2.24) is 10.6 Å². The van der Waals surface area contributed by atoms with Gasteiger partial charge in [0.25, 0.3) is 0 Å². The summed E-state index contributed by atoms with van der Waals surface area (Å²) < 4.78 is 0. The highest BCUT2D eigenvalue weighted by Gasteiger charge is 2.18. The molecule has 4 heteroatoms. The molecule has 1 heterocycles. The molecule has 1 aliphatic rings. The van der Waals surface area contributed by atoms with Crippen LogP contribution in [0, 0.1) is 0 Å². The van der Waals surface area contributed by atoms with E-state index in [1.54, 1.807) is 0 Å². The number of piperidine rings is 1. The maximum Gasteiger partial charge on any atom is 0.237 e. The summed E-state index contributed by atoms with van der Waals surface area (Å²) >= 11 is 0.